The molecule has 0 bridgehead atoms. The number of carbonyl (C=O) groups excluding carboxylic acids is 1. The molecule has 1 N–H and O–H groups in total. The first-order valence-electron chi connectivity index (χ1n) is 5.46. The van der Waals surface area contributed by atoms with Gasteiger partial charge in [-0.25, -0.2) is 0 Å². The first-order valence-corrected chi connectivity index (χ1v) is 5.84. The van der Waals surface area contributed by atoms with E-state index in [0.29, 0.717) is 0 Å². The number of hydrogen-bond donors (Lipinski definition) is 1. The Bertz CT molecular complexity index is 505. The van der Waals surface area contributed by atoms with Gasteiger partial charge < -0.3 is 10.0 Å². The minimum Gasteiger partial charge on any atom is -0.395 e. The predicted molar refractivity (Wildman–Crippen MR) is 71.3 cm³/mol. The van der Waals surface area contributed by atoms with Crippen LogP contribution in [0.1, 0.15) is 10.4 Å². The number of carbonyl (C=O) groups is 1. The summed E-state index contributed by atoms with van der Waals surface area (Å²) < 4.78 is 0. The topological polar surface area (TPSA) is 83.7 Å². The molecule has 0 spiro atoms. The van der Waals surface area contributed by atoms with Crippen molar-refractivity contribution in [3.8, 4) is 0 Å². The van der Waals surface area contributed by atoms with E-state index in [-0.39, 0.29) is 41.9 Å². The Morgan fingerprint density at radius 1 is 1.58 bits per heavy atom. The van der Waals surface area contributed by atoms with E-state index in [2.05, 4.69) is 6.58 Å². The van der Waals surface area contributed by atoms with Gasteiger partial charge in [0.2, 0.25) is 0 Å². The van der Waals surface area contributed by atoms with Gasteiger partial charge in [0.15, 0.2) is 0 Å². The van der Waals surface area contributed by atoms with E-state index in [1.54, 1.807) is 0 Å². The van der Waals surface area contributed by atoms with Crippen molar-refractivity contribution >= 4 is 23.2 Å². The van der Waals surface area contributed by atoms with E-state index in [1.165, 1.54) is 29.2 Å². The molecule has 0 radical (unpaired) electrons. The zero-order chi connectivity index (χ0) is 14.4. The highest BCUT2D eigenvalue weighted by molar-refractivity contribution is 6.33. The number of aliphatic hydroxyl groups is 1. The fourth-order valence-corrected chi connectivity index (χ4v) is 1.77. The van der Waals surface area contributed by atoms with Gasteiger partial charge in [-0.1, -0.05) is 17.7 Å². The normalized spacial score (nSPS) is 10.0. The Kier molecular flexibility index (Phi) is 5.47. The molecule has 0 atom stereocenters. The van der Waals surface area contributed by atoms with Gasteiger partial charge in [0.05, 0.1) is 11.5 Å². The van der Waals surface area contributed by atoms with E-state index in [0.717, 1.165) is 0 Å². The molecule has 0 saturated heterocycles. The number of nitrogens with zero attached hydrogens (tertiary/aromatic N) is 2. The number of amides is 1. The maximum atomic E-state index is 12.1. The summed E-state index contributed by atoms with van der Waals surface area (Å²) in [6.45, 7) is 3.77. The van der Waals surface area contributed by atoms with Crippen LogP contribution >= 0.6 is 11.6 Å². The Hall–Kier alpha value is -1.92. The van der Waals surface area contributed by atoms with Crippen molar-refractivity contribution in [1.29, 1.82) is 0 Å². The smallest absolute Gasteiger partial charge is 0.287 e. The van der Waals surface area contributed by atoms with Crippen LogP contribution in [0.2, 0.25) is 5.02 Å². The predicted octanol–water partition coefficient (Wildman–Crippen LogP) is 1.87. The number of hydrogen-bond acceptors (Lipinski definition) is 4. The largest absolute Gasteiger partial charge is 0.395 e. The minimum atomic E-state index is -0.619. The third-order valence-corrected chi connectivity index (χ3v) is 2.70. The first-order chi connectivity index (χ1) is 9.01. The van der Waals surface area contributed by atoms with Gasteiger partial charge in [0.25, 0.3) is 11.6 Å². The fraction of sp³-hybridized carbons (Fsp3) is 0.250. The summed E-state index contributed by atoms with van der Waals surface area (Å²) in [5.74, 6) is -0.370. The van der Waals surface area contributed by atoms with Gasteiger partial charge in [-0.15, -0.1) is 6.58 Å². The third-order valence-electron chi connectivity index (χ3n) is 2.40. The number of halogens is 1. The van der Waals surface area contributed by atoms with Crippen LogP contribution in [0.5, 0.6) is 0 Å². The lowest BCUT2D eigenvalue weighted by Gasteiger charge is -2.19. The molecule has 1 amide bonds. The van der Waals surface area contributed by atoms with Crippen molar-refractivity contribution in [3.05, 3.63) is 51.6 Å². The molecule has 0 aromatic heterocycles. The molecule has 0 unspecified atom stereocenters. The second-order valence-electron chi connectivity index (χ2n) is 3.69. The van der Waals surface area contributed by atoms with Crippen LogP contribution in [0.15, 0.2) is 30.9 Å². The molecule has 102 valence electrons. The molecule has 0 saturated carbocycles. The van der Waals surface area contributed by atoms with Gasteiger partial charge in [0.1, 0.15) is 5.02 Å². The van der Waals surface area contributed by atoms with Crippen LogP contribution in [-0.4, -0.2) is 40.5 Å². The average molecular weight is 285 g/mol. The first kappa shape index (κ1) is 15.1. The molecule has 7 heteroatoms. The van der Waals surface area contributed by atoms with Gasteiger partial charge in [-0.2, -0.15) is 0 Å². The van der Waals surface area contributed by atoms with E-state index < -0.39 is 4.92 Å². The lowest BCUT2D eigenvalue weighted by atomic mass is 10.1. The lowest BCUT2D eigenvalue weighted by molar-refractivity contribution is -0.384. The molecule has 1 rings (SSSR count). The summed E-state index contributed by atoms with van der Waals surface area (Å²) in [4.78, 5) is 23.5. The fourth-order valence-electron chi connectivity index (χ4n) is 1.52. The van der Waals surface area contributed by atoms with Crippen LogP contribution in [0.25, 0.3) is 0 Å². The molecule has 19 heavy (non-hydrogen) atoms. The molecule has 0 aliphatic rings. The maximum absolute atomic E-state index is 12.1. The van der Waals surface area contributed by atoms with E-state index in [1.807, 2.05) is 0 Å². The summed E-state index contributed by atoms with van der Waals surface area (Å²) in [5.41, 5.74) is -0.0263. The molecular weight excluding hydrogens is 272 g/mol. The van der Waals surface area contributed by atoms with Crippen LogP contribution < -0.4 is 0 Å². The molecule has 0 aliphatic carbocycles. The Balaban J connectivity index is 3.01. The molecule has 6 nitrogen and oxygen atoms in total. The van der Waals surface area contributed by atoms with Crippen molar-refractivity contribution in [2.75, 3.05) is 19.7 Å². The van der Waals surface area contributed by atoms with Crippen molar-refractivity contribution < 1.29 is 14.8 Å². The van der Waals surface area contributed by atoms with Crippen LogP contribution in [-0.2, 0) is 0 Å². The Morgan fingerprint density at radius 2 is 2.26 bits per heavy atom. The van der Waals surface area contributed by atoms with Crippen molar-refractivity contribution in [2.45, 2.75) is 0 Å². The highest BCUT2D eigenvalue weighted by Crippen LogP contribution is 2.25. The van der Waals surface area contributed by atoms with Crippen LogP contribution in [0.4, 0.5) is 5.69 Å². The SMILES string of the molecule is C=CCN(CCO)C(=O)c1ccc([N+](=O)[O-])c(Cl)c1. The van der Waals surface area contributed by atoms with E-state index >= 15 is 0 Å². The summed E-state index contributed by atoms with van der Waals surface area (Å²) in [6.07, 6.45) is 1.53. The van der Waals surface area contributed by atoms with E-state index in [4.69, 9.17) is 16.7 Å². The summed E-state index contributed by atoms with van der Waals surface area (Å²) >= 11 is 5.75. The van der Waals surface area contributed by atoms with Gasteiger partial charge in [-0.3, -0.25) is 14.9 Å². The molecule has 0 fully saturated rings. The zero-order valence-electron chi connectivity index (χ0n) is 10.1. The summed E-state index contributed by atoms with van der Waals surface area (Å²) in [6, 6.07) is 3.76. The number of benzene rings is 1. The second kappa shape index (κ2) is 6.86. The van der Waals surface area contributed by atoms with Gasteiger partial charge in [0, 0.05) is 24.7 Å². The molecule has 1 aromatic carbocycles. The lowest BCUT2D eigenvalue weighted by Crippen LogP contribution is -2.33. The molecule has 0 heterocycles. The second-order valence-corrected chi connectivity index (χ2v) is 4.09. The number of aliphatic hydroxyl groups excluding tert-OH is 1. The molecule has 1 aromatic rings. The number of rotatable bonds is 6. The van der Waals surface area contributed by atoms with Crippen molar-refractivity contribution in [3.63, 3.8) is 0 Å². The third kappa shape index (κ3) is 3.77. The maximum Gasteiger partial charge on any atom is 0.287 e. The number of nitro benzene ring substituents is 1. The van der Waals surface area contributed by atoms with Crippen molar-refractivity contribution in [1.82, 2.24) is 4.90 Å². The summed E-state index contributed by atoms with van der Waals surface area (Å²) in [7, 11) is 0. The Labute approximate surface area is 115 Å². The number of nitro groups is 1. The zero-order valence-corrected chi connectivity index (χ0v) is 10.8. The van der Waals surface area contributed by atoms with Crippen molar-refractivity contribution in [2.24, 2.45) is 0 Å². The standard InChI is InChI=1S/C12H13ClN2O4/c1-2-5-14(6-7-16)12(17)9-3-4-11(15(18)19)10(13)8-9/h2-4,8,16H,1,5-7H2. The highest BCUT2D eigenvalue weighted by atomic mass is 35.5. The van der Waals surface area contributed by atoms with Crippen LogP contribution in [0.3, 0.4) is 0 Å². The minimum absolute atomic E-state index is 0.0987. The molecular formula is C12H13ClN2O4. The van der Waals surface area contributed by atoms with Gasteiger partial charge >= 0.3 is 0 Å². The summed E-state index contributed by atoms with van der Waals surface area (Å²) in [5, 5.41) is 19.4. The van der Waals surface area contributed by atoms with Crippen LogP contribution in [0, 0.1) is 10.1 Å². The van der Waals surface area contributed by atoms with E-state index in [9.17, 15) is 14.9 Å². The monoisotopic (exact) mass is 284 g/mol. The highest BCUT2D eigenvalue weighted by Gasteiger charge is 2.18. The Morgan fingerprint density at radius 3 is 2.74 bits per heavy atom. The molecule has 0 aliphatic heterocycles. The average Bonchev–Trinajstić information content (AvgIpc) is 2.37. The van der Waals surface area contributed by atoms with Gasteiger partial charge in [-0.05, 0) is 12.1 Å². The quantitative estimate of drug-likeness (QED) is 0.491.